The van der Waals surface area contributed by atoms with Gasteiger partial charge in [-0.25, -0.2) is 13.1 Å². The molecule has 7 heteroatoms. The second-order valence-corrected chi connectivity index (χ2v) is 7.20. The molecule has 0 unspecified atom stereocenters. The number of carbonyl (C=O) groups excluding carboxylic acids is 1. The Balaban J connectivity index is 1.81. The Hall–Kier alpha value is -2.38. The molecule has 0 aromatic heterocycles. The highest BCUT2D eigenvalue weighted by molar-refractivity contribution is 7.89. The minimum Gasteiger partial charge on any atom is -0.496 e. The average molecular weight is 363 g/mol. The second kappa shape index (κ2) is 8.64. The van der Waals surface area contributed by atoms with Crippen molar-refractivity contribution in [3.63, 3.8) is 0 Å². The zero-order chi connectivity index (χ0) is 18.3. The Bertz CT molecular complexity index is 816. The van der Waals surface area contributed by atoms with Crippen molar-refractivity contribution in [1.29, 1.82) is 0 Å². The van der Waals surface area contributed by atoms with E-state index < -0.39 is 16.0 Å². The second-order valence-electron chi connectivity index (χ2n) is 5.43. The number of esters is 1. The molecule has 0 atom stereocenters. The largest absolute Gasteiger partial charge is 0.496 e. The summed E-state index contributed by atoms with van der Waals surface area (Å²) in [6.45, 7) is 1.93. The first-order valence-electron chi connectivity index (χ1n) is 7.76. The summed E-state index contributed by atoms with van der Waals surface area (Å²) in [4.78, 5) is 12.0. The molecule has 25 heavy (non-hydrogen) atoms. The molecule has 2 rings (SSSR count). The van der Waals surface area contributed by atoms with E-state index in [1.54, 1.807) is 31.4 Å². The topological polar surface area (TPSA) is 81.7 Å². The lowest BCUT2D eigenvalue weighted by atomic mass is 10.2. The Morgan fingerprint density at radius 1 is 1.08 bits per heavy atom. The van der Waals surface area contributed by atoms with Crippen LogP contribution in [-0.4, -0.2) is 28.0 Å². The number of sulfonamides is 1. The average Bonchev–Trinajstić information content (AvgIpc) is 2.60. The number of benzene rings is 2. The predicted octanol–water partition coefficient (Wildman–Crippen LogP) is 2.42. The lowest BCUT2D eigenvalue weighted by molar-refractivity contribution is -0.144. The van der Waals surface area contributed by atoms with Gasteiger partial charge in [0.1, 0.15) is 12.4 Å². The van der Waals surface area contributed by atoms with Crippen LogP contribution in [0.1, 0.15) is 17.5 Å². The number of hydrogen-bond donors (Lipinski definition) is 1. The lowest BCUT2D eigenvalue weighted by Gasteiger charge is -2.10. The number of ether oxygens (including phenoxy) is 2. The van der Waals surface area contributed by atoms with Gasteiger partial charge in [-0.05, 0) is 25.1 Å². The van der Waals surface area contributed by atoms with Crippen LogP contribution in [0.4, 0.5) is 0 Å². The number of hydrogen-bond acceptors (Lipinski definition) is 5. The SMILES string of the molecule is COc1ccccc1COC(=O)CCNS(=O)(=O)c1ccc(C)cc1. The Morgan fingerprint density at radius 3 is 2.44 bits per heavy atom. The summed E-state index contributed by atoms with van der Waals surface area (Å²) in [5.41, 5.74) is 1.72. The molecule has 0 aliphatic carbocycles. The zero-order valence-corrected chi connectivity index (χ0v) is 15.0. The van der Waals surface area contributed by atoms with Gasteiger partial charge >= 0.3 is 5.97 Å². The molecule has 0 saturated heterocycles. The van der Waals surface area contributed by atoms with Gasteiger partial charge in [0.25, 0.3) is 0 Å². The number of para-hydroxylation sites is 1. The van der Waals surface area contributed by atoms with E-state index in [4.69, 9.17) is 9.47 Å². The van der Waals surface area contributed by atoms with Crippen LogP contribution in [0.3, 0.4) is 0 Å². The summed E-state index contributed by atoms with van der Waals surface area (Å²) in [5.74, 6) is 0.146. The first kappa shape index (κ1) is 19.0. The maximum absolute atomic E-state index is 12.1. The molecule has 134 valence electrons. The molecular formula is C18H21NO5S. The van der Waals surface area contributed by atoms with Crippen molar-refractivity contribution >= 4 is 16.0 Å². The summed E-state index contributed by atoms with van der Waals surface area (Å²) < 4.78 is 36.9. The summed E-state index contributed by atoms with van der Waals surface area (Å²) in [6.07, 6.45) is -0.0553. The van der Waals surface area contributed by atoms with Gasteiger partial charge in [-0.1, -0.05) is 35.9 Å². The molecule has 2 aromatic carbocycles. The van der Waals surface area contributed by atoms with Gasteiger partial charge in [-0.2, -0.15) is 0 Å². The zero-order valence-electron chi connectivity index (χ0n) is 14.2. The van der Waals surface area contributed by atoms with Gasteiger partial charge in [-0.3, -0.25) is 4.79 Å². The molecular weight excluding hydrogens is 342 g/mol. The molecule has 0 radical (unpaired) electrons. The quantitative estimate of drug-likeness (QED) is 0.729. The fourth-order valence-electron chi connectivity index (χ4n) is 2.14. The number of methoxy groups -OCH3 is 1. The van der Waals surface area contributed by atoms with Crippen LogP contribution in [0.5, 0.6) is 5.75 Å². The van der Waals surface area contributed by atoms with E-state index in [-0.39, 0.29) is 24.5 Å². The predicted molar refractivity (Wildman–Crippen MR) is 93.8 cm³/mol. The number of aryl methyl sites for hydroxylation is 1. The maximum Gasteiger partial charge on any atom is 0.307 e. The molecule has 0 heterocycles. The van der Waals surface area contributed by atoms with E-state index in [9.17, 15) is 13.2 Å². The van der Waals surface area contributed by atoms with Crippen molar-refractivity contribution in [2.45, 2.75) is 24.8 Å². The molecule has 0 aliphatic rings. The van der Waals surface area contributed by atoms with Crippen LogP contribution in [-0.2, 0) is 26.2 Å². The van der Waals surface area contributed by atoms with Gasteiger partial charge in [0.15, 0.2) is 0 Å². The molecule has 0 spiro atoms. The Morgan fingerprint density at radius 2 is 1.76 bits per heavy atom. The molecule has 0 amide bonds. The molecule has 0 bridgehead atoms. The number of carbonyl (C=O) groups is 1. The standard InChI is InChI=1S/C18H21NO5S/c1-14-7-9-16(10-8-14)25(21,22)19-12-11-18(20)24-13-15-5-3-4-6-17(15)23-2/h3-10,19H,11-13H2,1-2H3. The van der Waals surface area contributed by atoms with E-state index in [0.717, 1.165) is 11.1 Å². The van der Waals surface area contributed by atoms with Gasteiger partial charge in [-0.15, -0.1) is 0 Å². The van der Waals surface area contributed by atoms with Gasteiger partial charge < -0.3 is 9.47 Å². The van der Waals surface area contributed by atoms with Gasteiger partial charge in [0.05, 0.1) is 18.4 Å². The molecule has 0 fully saturated rings. The minimum absolute atomic E-state index is 0.0268. The highest BCUT2D eigenvalue weighted by atomic mass is 32.2. The fourth-order valence-corrected chi connectivity index (χ4v) is 3.17. The van der Waals surface area contributed by atoms with Crippen LogP contribution in [0.15, 0.2) is 53.4 Å². The molecule has 0 saturated carbocycles. The van der Waals surface area contributed by atoms with Crippen LogP contribution in [0.25, 0.3) is 0 Å². The normalized spacial score (nSPS) is 11.1. The third-order valence-electron chi connectivity index (χ3n) is 3.53. The van der Waals surface area contributed by atoms with Crippen LogP contribution in [0, 0.1) is 6.92 Å². The van der Waals surface area contributed by atoms with Gasteiger partial charge in [0, 0.05) is 12.1 Å². The highest BCUT2D eigenvalue weighted by Crippen LogP contribution is 2.18. The summed E-state index contributed by atoms with van der Waals surface area (Å²) >= 11 is 0. The van der Waals surface area contributed by atoms with E-state index in [1.165, 1.54) is 12.1 Å². The van der Waals surface area contributed by atoms with Crippen molar-refractivity contribution in [2.75, 3.05) is 13.7 Å². The molecule has 1 N–H and O–H groups in total. The van der Waals surface area contributed by atoms with Crippen LogP contribution < -0.4 is 9.46 Å². The van der Waals surface area contributed by atoms with Crippen LogP contribution >= 0.6 is 0 Å². The Labute approximate surface area is 147 Å². The van der Waals surface area contributed by atoms with E-state index >= 15 is 0 Å². The van der Waals surface area contributed by atoms with Crippen molar-refractivity contribution in [3.8, 4) is 5.75 Å². The molecule has 2 aromatic rings. The smallest absolute Gasteiger partial charge is 0.307 e. The maximum atomic E-state index is 12.1. The summed E-state index contributed by atoms with van der Waals surface area (Å²) in [6, 6.07) is 13.7. The number of rotatable bonds is 8. The first-order chi connectivity index (χ1) is 11.9. The van der Waals surface area contributed by atoms with Crippen LogP contribution in [0.2, 0.25) is 0 Å². The Kier molecular flexibility index (Phi) is 6.55. The monoisotopic (exact) mass is 363 g/mol. The number of nitrogens with one attached hydrogen (secondary N) is 1. The van der Waals surface area contributed by atoms with E-state index in [1.807, 2.05) is 19.1 Å². The van der Waals surface area contributed by atoms with Gasteiger partial charge in [0.2, 0.25) is 10.0 Å². The fraction of sp³-hybridized carbons (Fsp3) is 0.278. The summed E-state index contributed by atoms with van der Waals surface area (Å²) in [7, 11) is -2.09. The van der Waals surface area contributed by atoms with E-state index in [0.29, 0.717) is 5.75 Å². The van der Waals surface area contributed by atoms with Crippen molar-refractivity contribution in [1.82, 2.24) is 4.72 Å². The first-order valence-corrected chi connectivity index (χ1v) is 9.24. The third kappa shape index (κ3) is 5.58. The van der Waals surface area contributed by atoms with Crippen molar-refractivity contribution < 1.29 is 22.7 Å². The molecule has 0 aliphatic heterocycles. The summed E-state index contributed by atoms with van der Waals surface area (Å²) in [5, 5.41) is 0. The van der Waals surface area contributed by atoms with Crippen molar-refractivity contribution in [3.05, 3.63) is 59.7 Å². The molecule has 6 nitrogen and oxygen atoms in total. The minimum atomic E-state index is -3.63. The lowest BCUT2D eigenvalue weighted by Crippen LogP contribution is -2.26. The highest BCUT2D eigenvalue weighted by Gasteiger charge is 2.14. The third-order valence-corrected chi connectivity index (χ3v) is 5.01. The van der Waals surface area contributed by atoms with E-state index in [2.05, 4.69) is 4.72 Å². The van der Waals surface area contributed by atoms with Crippen molar-refractivity contribution in [2.24, 2.45) is 0 Å².